The van der Waals surface area contributed by atoms with Crippen molar-refractivity contribution in [3.05, 3.63) is 107 Å². The van der Waals surface area contributed by atoms with E-state index in [0.29, 0.717) is 16.9 Å². The number of ether oxygens (including phenoxy) is 1. The van der Waals surface area contributed by atoms with Crippen LogP contribution in [0.4, 0.5) is 5.69 Å². The van der Waals surface area contributed by atoms with Crippen LogP contribution in [0.1, 0.15) is 31.8 Å². The predicted octanol–water partition coefficient (Wildman–Crippen LogP) is 5.08. The van der Waals surface area contributed by atoms with Crippen molar-refractivity contribution in [1.29, 1.82) is 0 Å². The molecular formula is C26H22N2O3. The third-order valence-corrected chi connectivity index (χ3v) is 5.12. The summed E-state index contributed by atoms with van der Waals surface area (Å²) >= 11 is 0. The maximum atomic E-state index is 13.1. The van der Waals surface area contributed by atoms with Crippen molar-refractivity contribution in [3.8, 4) is 5.75 Å². The Kier molecular flexibility index (Phi) is 5.67. The van der Waals surface area contributed by atoms with Gasteiger partial charge < -0.3 is 15.8 Å². The second-order valence-electron chi connectivity index (χ2n) is 7.31. The minimum atomic E-state index is -0.475. The minimum Gasteiger partial charge on any atom is -0.488 e. The molecule has 0 aliphatic rings. The van der Waals surface area contributed by atoms with E-state index in [4.69, 9.17) is 10.5 Å². The van der Waals surface area contributed by atoms with Crippen LogP contribution >= 0.6 is 0 Å². The Labute approximate surface area is 180 Å². The first-order chi connectivity index (χ1) is 15.0. The number of hydrogen-bond acceptors (Lipinski definition) is 3. The van der Waals surface area contributed by atoms with Crippen LogP contribution in [0.15, 0.2) is 84.9 Å². The maximum absolute atomic E-state index is 13.1. The zero-order valence-electron chi connectivity index (χ0n) is 17.1. The molecular weight excluding hydrogens is 388 g/mol. The van der Waals surface area contributed by atoms with Crippen molar-refractivity contribution in [2.75, 3.05) is 5.32 Å². The van der Waals surface area contributed by atoms with Crippen LogP contribution in [0.3, 0.4) is 0 Å². The molecule has 0 saturated carbocycles. The van der Waals surface area contributed by atoms with Gasteiger partial charge in [0.05, 0.1) is 5.56 Å². The Hall–Kier alpha value is -4.12. The molecule has 2 amide bonds. The van der Waals surface area contributed by atoms with E-state index in [1.807, 2.05) is 67.6 Å². The fraction of sp³-hybridized carbons (Fsp3) is 0.0769. The van der Waals surface area contributed by atoms with Gasteiger partial charge in [0.15, 0.2) is 0 Å². The summed E-state index contributed by atoms with van der Waals surface area (Å²) in [7, 11) is 0. The molecule has 4 aromatic rings. The van der Waals surface area contributed by atoms with E-state index in [-0.39, 0.29) is 12.5 Å². The van der Waals surface area contributed by atoms with Crippen molar-refractivity contribution in [2.45, 2.75) is 13.5 Å². The van der Waals surface area contributed by atoms with Gasteiger partial charge in [-0.05, 0) is 59.2 Å². The number of fused-ring (bicyclic) bond motifs is 1. The van der Waals surface area contributed by atoms with Crippen LogP contribution in [-0.2, 0) is 6.61 Å². The molecule has 0 atom stereocenters. The lowest BCUT2D eigenvalue weighted by molar-refractivity contribution is 0.0996. The molecule has 0 aromatic heterocycles. The van der Waals surface area contributed by atoms with E-state index < -0.39 is 5.91 Å². The van der Waals surface area contributed by atoms with Gasteiger partial charge in [-0.3, -0.25) is 9.59 Å². The monoisotopic (exact) mass is 410 g/mol. The van der Waals surface area contributed by atoms with E-state index in [1.165, 1.54) is 0 Å². The molecule has 4 aromatic carbocycles. The van der Waals surface area contributed by atoms with Gasteiger partial charge in [0.1, 0.15) is 12.4 Å². The number of carbonyl (C=O) groups excluding carboxylic acids is 2. The number of anilines is 1. The lowest BCUT2D eigenvalue weighted by Gasteiger charge is -2.14. The average Bonchev–Trinajstić information content (AvgIpc) is 2.78. The Balaban J connectivity index is 1.63. The zero-order valence-corrected chi connectivity index (χ0v) is 17.1. The van der Waals surface area contributed by atoms with Crippen LogP contribution < -0.4 is 15.8 Å². The number of para-hydroxylation sites is 1. The number of rotatable bonds is 6. The highest BCUT2D eigenvalue weighted by Gasteiger charge is 2.16. The molecule has 0 saturated heterocycles. The quantitative estimate of drug-likeness (QED) is 0.465. The Morgan fingerprint density at radius 2 is 1.52 bits per heavy atom. The number of aryl methyl sites for hydroxylation is 1. The van der Waals surface area contributed by atoms with Crippen LogP contribution in [0.2, 0.25) is 0 Å². The standard InChI is InChI=1S/C26H22N2O3/c1-17-6-2-5-9-23(17)28-26(30)22-14-20-7-3-4-8-21(20)15-24(22)31-16-18-10-12-19(13-11-18)25(27)29/h2-15H,16H2,1H3,(H2,27,29)(H,28,30). The summed E-state index contributed by atoms with van der Waals surface area (Å²) in [6.45, 7) is 2.20. The summed E-state index contributed by atoms with van der Waals surface area (Å²) in [5.74, 6) is -0.222. The molecule has 4 rings (SSSR count). The molecule has 0 heterocycles. The minimum absolute atomic E-state index is 0.237. The van der Waals surface area contributed by atoms with Crippen LogP contribution in [0.25, 0.3) is 10.8 Å². The Bertz CT molecular complexity index is 1260. The number of amides is 2. The van der Waals surface area contributed by atoms with Crippen molar-refractivity contribution < 1.29 is 14.3 Å². The van der Waals surface area contributed by atoms with Gasteiger partial charge in [0.25, 0.3) is 5.91 Å². The molecule has 0 fully saturated rings. The molecule has 0 aliphatic carbocycles. The number of carbonyl (C=O) groups is 2. The number of hydrogen-bond donors (Lipinski definition) is 2. The molecule has 154 valence electrons. The highest BCUT2D eigenvalue weighted by Crippen LogP contribution is 2.28. The number of nitrogens with two attached hydrogens (primary N) is 1. The first kappa shape index (κ1) is 20.2. The van der Waals surface area contributed by atoms with Crippen LogP contribution in [0.5, 0.6) is 5.75 Å². The van der Waals surface area contributed by atoms with E-state index in [2.05, 4.69) is 5.32 Å². The summed E-state index contributed by atoms with van der Waals surface area (Å²) in [6.07, 6.45) is 0. The molecule has 0 bridgehead atoms. The lowest BCUT2D eigenvalue weighted by atomic mass is 10.0. The summed E-state index contributed by atoms with van der Waals surface area (Å²) in [5.41, 5.74) is 8.79. The van der Waals surface area contributed by atoms with Gasteiger partial charge in [0, 0.05) is 11.3 Å². The van der Waals surface area contributed by atoms with Gasteiger partial charge >= 0.3 is 0 Å². The summed E-state index contributed by atoms with van der Waals surface area (Å²) in [4.78, 5) is 24.4. The van der Waals surface area contributed by atoms with Gasteiger partial charge in [-0.1, -0.05) is 54.6 Å². The third kappa shape index (κ3) is 4.56. The van der Waals surface area contributed by atoms with Gasteiger partial charge in [-0.2, -0.15) is 0 Å². The van der Waals surface area contributed by atoms with Crippen molar-refractivity contribution in [2.24, 2.45) is 5.73 Å². The predicted molar refractivity (Wildman–Crippen MR) is 122 cm³/mol. The SMILES string of the molecule is Cc1ccccc1NC(=O)c1cc2ccccc2cc1OCc1ccc(C(N)=O)cc1. The number of nitrogens with one attached hydrogen (secondary N) is 1. The van der Waals surface area contributed by atoms with E-state index >= 15 is 0 Å². The maximum Gasteiger partial charge on any atom is 0.259 e. The molecule has 0 aliphatic heterocycles. The van der Waals surface area contributed by atoms with Gasteiger partial charge in [-0.15, -0.1) is 0 Å². The molecule has 31 heavy (non-hydrogen) atoms. The molecule has 3 N–H and O–H groups in total. The van der Waals surface area contributed by atoms with Crippen molar-refractivity contribution in [1.82, 2.24) is 0 Å². The van der Waals surface area contributed by atoms with Gasteiger partial charge in [0.2, 0.25) is 5.91 Å². The first-order valence-electron chi connectivity index (χ1n) is 9.92. The highest BCUT2D eigenvalue weighted by atomic mass is 16.5. The average molecular weight is 410 g/mol. The second-order valence-corrected chi connectivity index (χ2v) is 7.31. The summed E-state index contributed by atoms with van der Waals surface area (Å²) in [6, 6.07) is 26.1. The van der Waals surface area contributed by atoms with Gasteiger partial charge in [-0.25, -0.2) is 0 Å². The summed E-state index contributed by atoms with van der Waals surface area (Å²) in [5, 5.41) is 4.91. The smallest absolute Gasteiger partial charge is 0.259 e. The van der Waals surface area contributed by atoms with Crippen molar-refractivity contribution in [3.63, 3.8) is 0 Å². The third-order valence-electron chi connectivity index (χ3n) is 5.12. The largest absolute Gasteiger partial charge is 0.488 e. The lowest BCUT2D eigenvalue weighted by Crippen LogP contribution is -2.14. The van der Waals surface area contributed by atoms with Crippen LogP contribution in [0, 0.1) is 6.92 Å². The Morgan fingerprint density at radius 1 is 0.871 bits per heavy atom. The molecule has 5 heteroatoms. The highest BCUT2D eigenvalue weighted by molar-refractivity contribution is 6.09. The zero-order chi connectivity index (χ0) is 21.8. The van der Waals surface area contributed by atoms with E-state index in [1.54, 1.807) is 24.3 Å². The van der Waals surface area contributed by atoms with E-state index in [9.17, 15) is 9.59 Å². The molecule has 0 unspecified atom stereocenters. The first-order valence-corrected chi connectivity index (χ1v) is 9.92. The number of benzene rings is 4. The van der Waals surface area contributed by atoms with Crippen LogP contribution in [-0.4, -0.2) is 11.8 Å². The second kappa shape index (κ2) is 8.71. The topological polar surface area (TPSA) is 81.4 Å². The normalized spacial score (nSPS) is 10.6. The number of primary amides is 1. The fourth-order valence-corrected chi connectivity index (χ4v) is 3.35. The molecule has 0 radical (unpaired) electrons. The fourth-order valence-electron chi connectivity index (χ4n) is 3.35. The molecule has 0 spiro atoms. The summed E-state index contributed by atoms with van der Waals surface area (Å²) < 4.78 is 6.04. The van der Waals surface area contributed by atoms with Crippen molar-refractivity contribution >= 4 is 28.3 Å². The molecule has 5 nitrogen and oxygen atoms in total. The van der Waals surface area contributed by atoms with E-state index in [0.717, 1.165) is 27.6 Å². The Morgan fingerprint density at radius 3 is 2.19 bits per heavy atom.